The highest BCUT2D eigenvalue weighted by Crippen LogP contribution is 2.22. The summed E-state index contributed by atoms with van der Waals surface area (Å²) in [6.07, 6.45) is 0. The van der Waals surface area contributed by atoms with Crippen molar-refractivity contribution in [1.82, 2.24) is 19.8 Å². The van der Waals surface area contributed by atoms with E-state index in [1.807, 2.05) is 22.2 Å². The van der Waals surface area contributed by atoms with E-state index in [1.54, 1.807) is 36.4 Å². The van der Waals surface area contributed by atoms with Crippen LogP contribution in [0.2, 0.25) is 0 Å². The molecule has 4 rings (SSSR count). The Bertz CT molecular complexity index is 925. The number of hydrogen-bond acceptors (Lipinski definition) is 8. The fourth-order valence-electron chi connectivity index (χ4n) is 3.21. The Morgan fingerprint density at radius 2 is 1.03 bits per heavy atom. The van der Waals surface area contributed by atoms with Gasteiger partial charge in [0, 0.05) is 0 Å². The Labute approximate surface area is 168 Å². The van der Waals surface area contributed by atoms with Crippen molar-refractivity contribution in [3.8, 4) is 12.1 Å². The first-order valence-corrected chi connectivity index (χ1v) is 9.01. The van der Waals surface area contributed by atoms with Crippen LogP contribution in [0, 0.1) is 22.7 Å². The summed E-state index contributed by atoms with van der Waals surface area (Å²) in [7, 11) is 0. The molecule has 2 aromatic carbocycles. The largest absolute Gasteiger partial charge is 0.252 e. The zero-order chi connectivity index (χ0) is 20.1. The minimum absolute atomic E-state index is 0.498. The lowest BCUT2D eigenvalue weighted by Gasteiger charge is -2.46. The van der Waals surface area contributed by atoms with Gasteiger partial charge in [0.2, 0.25) is 0 Å². The average Bonchev–Trinajstić information content (AvgIpc) is 2.76. The molecule has 2 heterocycles. The first-order chi connectivity index (χ1) is 14.2. The van der Waals surface area contributed by atoms with Crippen LogP contribution in [-0.4, -0.2) is 53.2 Å². The SMILES string of the molecule is N#Cc1ccccc1N=NN1CN2CN(C1)CN(N=Nc1ccccc1C#N)C2. The first-order valence-electron chi connectivity index (χ1n) is 9.01. The molecule has 0 atom stereocenters. The summed E-state index contributed by atoms with van der Waals surface area (Å²) < 4.78 is 0. The van der Waals surface area contributed by atoms with E-state index in [1.165, 1.54) is 0 Å². The van der Waals surface area contributed by atoms with E-state index in [0.29, 0.717) is 49.2 Å². The Morgan fingerprint density at radius 3 is 1.45 bits per heavy atom. The number of nitriles is 2. The van der Waals surface area contributed by atoms with Gasteiger partial charge in [0.05, 0.1) is 44.5 Å². The second-order valence-corrected chi connectivity index (χ2v) is 6.70. The molecule has 10 heteroatoms. The number of hydrogen-bond donors (Lipinski definition) is 0. The molecule has 29 heavy (non-hydrogen) atoms. The highest BCUT2D eigenvalue weighted by molar-refractivity contribution is 5.52. The van der Waals surface area contributed by atoms with Crippen LogP contribution in [-0.2, 0) is 0 Å². The third-order valence-corrected chi connectivity index (χ3v) is 4.46. The predicted octanol–water partition coefficient (Wildman–Crippen LogP) is 3.15. The molecule has 0 radical (unpaired) electrons. The van der Waals surface area contributed by atoms with Gasteiger partial charge in [0.15, 0.2) is 0 Å². The van der Waals surface area contributed by atoms with Crippen LogP contribution in [0.25, 0.3) is 0 Å². The van der Waals surface area contributed by atoms with E-state index < -0.39 is 0 Å². The Morgan fingerprint density at radius 1 is 0.621 bits per heavy atom. The summed E-state index contributed by atoms with van der Waals surface area (Å²) in [5.41, 5.74) is 2.11. The predicted molar refractivity (Wildman–Crippen MR) is 103 cm³/mol. The van der Waals surface area contributed by atoms with Gasteiger partial charge < -0.3 is 0 Å². The van der Waals surface area contributed by atoms with Gasteiger partial charge in [-0.3, -0.25) is 9.80 Å². The number of benzene rings is 2. The molecule has 0 amide bonds. The third kappa shape index (κ3) is 4.35. The Kier molecular flexibility index (Phi) is 5.38. The smallest absolute Gasteiger partial charge is 0.105 e. The molecule has 2 saturated heterocycles. The Balaban J connectivity index is 1.39. The molecule has 0 aromatic heterocycles. The molecule has 0 spiro atoms. The lowest BCUT2D eigenvalue weighted by Crippen LogP contribution is -2.61. The Hall–Kier alpha value is -3.86. The maximum absolute atomic E-state index is 9.16. The zero-order valence-corrected chi connectivity index (χ0v) is 15.6. The fraction of sp³-hybridized carbons (Fsp3) is 0.263. The van der Waals surface area contributed by atoms with E-state index >= 15 is 0 Å². The maximum Gasteiger partial charge on any atom is 0.105 e. The van der Waals surface area contributed by atoms with Crippen molar-refractivity contribution in [3.63, 3.8) is 0 Å². The van der Waals surface area contributed by atoms with Crippen LogP contribution in [0.15, 0.2) is 69.2 Å². The van der Waals surface area contributed by atoms with Crippen molar-refractivity contribution >= 4 is 11.4 Å². The summed E-state index contributed by atoms with van der Waals surface area (Å²) in [6, 6.07) is 18.5. The van der Waals surface area contributed by atoms with Gasteiger partial charge in [0.25, 0.3) is 0 Å². The molecule has 2 aliphatic rings. The molecule has 2 aromatic rings. The highest BCUT2D eigenvalue weighted by Gasteiger charge is 2.30. The van der Waals surface area contributed by atoms with Crippen molar-refractivity contribution in [2.45, 2.75) is 0 Å². The van der Waals surface area contributed by atoms with Gasteiger partial charge in [-0.15, -0.1) is 10.2 Å². The number of rotatable bonds is 4. The van der Waals surface area contributed by atoms with Crippen LogP contribution in [0.3, 0.4) is 0 Å². The summed E-state index contributed by atoms with van der Waals surface area (Å²) in [6.45, 7) is 3.18. The summed E-state index contributed by atoms with van der Waals surface area (Å²) in [4.78, 5) is 4.30. The van der Waals surface area contributed by atoms with Crippen molar-refractivity contribution < 1.29 is 0 Å². The van der Waals surface area contributed by atoms with Crippen molar-refractivity contribution in [1.29, 1.82) is 10.5 Å². The van der Waals surface area contributed by atoms with Gasteiger partial charge in [-0.1, -0.05) is 34.7 Å². The normalized spacial score (nSPS) is 21.3. The van der Waals surface area contributed by atoms with E-state index in [4.69, 9.17) is 10.5 Å². The lowest BCUT2D eigenvalue weighted by atomic mass is 10.2. The standard InChI is InChI=1S/C19H18N10/c20-9-16-5-1-3-7-18(16)22-24-28-12-26-11-27(13-28)15-29(14-26)25-23-19-8-4-2-6-17(19)10-21/h1-8H,11-15H2. The molecule has 2 fully saturated rings. The molecular formula is C19H18N10. The van der Waals surface area contributed by atoms with Gasteiger partial charge in [-0.2, -0.15) is 10.5 Å². The number of fused-ring (bicyclic) bond motifs is 2. The zero-order valence-electron chi connectivity index (χ0n) is 15.6. The minimum atomic E-state index is 0.498. The summed E-state index contributed by atoms with van der Waals surface area (Å²) >= 11 is 0. The quantitative estimate of drug-likeness (QED) is 0.747. The van der Waals surface area contributed by atoms with Crippen LogP contribution in [0.4, 0.5) is 11.4 Å². The summed E-state index contributed by atoms with van der Waals surface area (Å²) in [5, 5.41) is 39.1. The second-order valence-electron chi connectivity index (χ2n) is 6.70. The molecule has 0 saturated carbocycles. The van der Waals surface area contributed by atoms with Gasteiger partial charge >= 0.3 is 0 Å². The third-order valence-electron chi connectivity index (χ3n) is 4.46. The molecule has 0 unspecified atom stereocenters. The topological polar surface area (TPSA) is 110 Å². The first kappa shape index (κ1) is 18.5. The molecule has 144 valence electrons. The highest BCUT2D eigenvalue weighted by atomic mass is 15.7. The van der Waals surface area contributed by atoms with Crippen LogP contribution < -0.4 is 0 Å². The molecule has 2 bridgehead atoms. The van der Waals surface area contributed by atoms with E-state index in [-0.39, 0.29) is 0 Å². The lowest BCUT2D eigenvalue weighted by molar-refractivity contribution is -0.124. The molecular weight excluding hydrogens is 368 g/mol. The van der Waals surface area contributed by atoms with Crippen LogP contribution in [0.5, 0.6) is 0 Å². The fourth-order valence-corrected chi connectivity index (χ4v) is 3.21. The van der Waals surface area contributed by atoms with Crippen LogP contribution in [0.1, 0.15) is 11.1 Å². The van der Waals surface area contributed by atoms with E-state index in [2.05, 4.69) is 42.6 Å². The average molecular weight is 386 g/mol. The number of nitrogens with zero attached hydrogens (tertiary/aromatic N) is 10. The van der Waals surface area contributed by atoms with Crippen molar-refractivity contribution in [3.05, 3.63) is 59.7 Å². The minimum Gasteiger partial charge on any atom is -0.252 e. The van der Waals surface area contributed by atoms with E-state index in [0.717, 1.165) is 6.67 Å². The summed E-state index contributed by atoms with van der Waals surface area (Å²) in [5.74, 6) is 0. The second kappa shape index (κ2) is 8.44. The maximum atomic E-state index is 9.16. The van der Waals surface area contributed by atoms with Crippen molar-refractivity contribution in [2.24, 2.45) is 20.7 Å². The van der Waals surface area contributed by atoms with Gasteiger partial charge in [-0.05, 0) is 24.3 Å². The van der Waals surface area contributed by atoms with Crippen LogP contribution >= 0.6 is 0 Å². The molecule has 0 aliphatic carbocycles. The van der Waals surface area contributed by atoms with Crippen molar-refractivity contribution in [2.75, 3.05) is 33.3 Å². The van der Waals surface area contributed by atoms with Gasteiger partial charge in [-0.25, -0.2) is 10.0 Å². The van der Waals surface area contributed by atoms with Gasteiger partial charge in [0.1, 0.15) is 23.5 Å². The molecule has 0 N–H and O–H groups in total. The monoisotopic (exact) mass is 386 g/mol. The molecule has 2 aliphatic heterocycles. The molecule has 10 nitrogen and oxygen atoms in total. The van der Waals surface area contributed by atoms with E-state index in [9.17, 15) is 0 Å².